The molecule has 1 aliphatic heterocycles. The minimum Gasteiger partial charge on any atom is -0.504 e. The van der Waals surface area contributed by atoms with Gasteiger partial charge in [-0.2, -0.15) is 0 Å². The number of hydrogen-bond acceptors (Lipinski definition) is 4. The third-order valence-corrected chi connectivity index (χ3v) is 6.28. The normalized spacial score (nSPS) is 15.7. The number of aryl methyl sites for hydroxylation is 1. The van der Waals surface area contributed by atoms with E-state index in [-0.39, 0.29) is 11.3 Å². The second kappa shape index (κ2) is 7.41. The van der Waals surface area contributed by atoms with Gasteiger partial charge < -0.3 is 9.84 Å². The molecule has 3 rings (SSSR count). The molecule has 0 aliphatic carbocycles. The van der Waals surface area contributed by atoms with Gasteiger partial charge in [0.1, 0.15) is 0 Å². The van der Waals surface area contributed by atoms with E-state index in [2.05, 4.69) is 30.9 Å². The van der Waals surface area contributed by atoms with Crippen LogP contribution in [0, 0.1) is 0 Å². The van der Waals surface area contributed by atoms with Crippen molar-refractivity contribution in [2.24, 2.45) is 0 Å². The average Bonchev–Trinajstić information content (AvgIpc) is 3.05. The summed E-state index contributed by atoms with van der Waals surface area (Å²) in [4.78, 5) is 3.39. The van der Waals surface area contributed by atoms with Gasteiger partial charge in [-0.3, -0.25) is 9.11 Å². The van der Waals surface area contributed by atoms with Crippen molar-refractivity contribution < 1.29 is 14.1 Å². The summed E-state index contributed by atoms with van der Waals surface area (Å²) in [7, 11) is 0.633. The van der Waals surface area contributed by atoms with Crippen LogP contribution in [-0.4, -0.2) is 33.1 Å². The van der Waals surface area contributed by atoms with Gasteiger partial charge in [0.2, 0.25) is 0 Å². The van der Waals surface area contributed by atoms with E-state index < -0.39 is 10.8 Å². The summed E-state index contributed by atoms with van der Waals surface area (Å²) < 4.78 is 16.9. The van der Waals surface area contributed by atoms with E-state index in [4.69, 9.17) is 4.74 Å². The van der Waals surface area contributed by atoms with Gasteiger partial charge in [-0.25, -0.2) is 0 Å². The van der Waals surface area contributed by atoms with Crippen LogP contribution in [0.3, 0.4) is 0 Å². The number of ether oxygens (including phenoxy) is 1. The maximum Gasteiger partial charge on any atom is 0.160 e. The summed E-state index contributed by atoms with van der Waals surface area (Å²) in [5, 5.41) is 9.74. The summed E-state index contributed by atoms with van der Waals surface area (Å²) in [6.45, 7) is 6.37. The van der Waals surface area contributed by atoms with Crippen LogP contribution in [-0.2, 0) is 30.3 Å². The Bertz CT molecular complexity index is 832. The molecule has 1 unspecified atom stereocenters. The molecule has 1 heterocycles. The quantitative estimate of drug-likeness (QED) is 0.835. The number of aromatic hydroxyl groups is 1. The molecule has 5 heteroatoms. The maximum absolute atomic E-state index is 11.7. The van der Waals surface area contributed by atoms with Gasteiger partial charge in [-0.05, 0) is 67.6 Å². The highest BCUT2D eigenvalue weighted by atomic mass is 32.2. The number of methoxy groups -OCH3 is 1. The van der Waals surface area contributed by atoms with Crippen molar-refractivity contribution in [1.82, 2.24) is 4.90 Å². The number of rotatable bonds is 6. The standard InChI is InChI=1S/C21H27NO3S/c1-21(2,10-9-15-5-8-19(23)20(11-15)25-3)22-13-16-6-7-18(26(4)24)12-17(16)14-22/h5-8,11-12,23H,9-10,13-14H2,1-4H3. The molecule has 0 fully saturated rings. The van der Waals surface area contributed by atoms with Crippen molar-refractivity contribution >= 4 is 10.8 Å². The number of nitrogens with zero attached hydrogens (tertiary/aromatic N) is 1. The van der Waals surface area contributed by atoms with Crippen LogP contribution in [0.2, 0.25) is 0 Å². The fourth-order valence-electron chi connectivity index (χ4n) is 3.46. The molecule has 0 radical (unpaired) electrons. The van der Waals surface area contributed by atoms with Crippen molar-refractivity contribution in [3.8, 4) is 11.5 Å². The SMILES string of the molecule is COc1cc(CCC(C)(C)N2Cc3ccc(S(C)=O)cc3C2)ccc1O. The summed E-state index contributed by atoms with van der Waals surface area (Å²) in [6.07, 6.45) is 3.65. The smallest absolute Gasteiger partial charge is 0.160 e. The van der Waals surface area contributed by atoms with E-state index in [1.54, 1.807) is 19.4 Å². The molecular weight excluding hydrogens is 346 g/mol. The molecule has 1 atom stereocenters. The molecule has 0 bridgehead atoms. The fourth-order valence-corrected chi connectivity index (χ4v) is 4.03. The Morgan fingerprint density at radius 3 is 2.58 bits per heavy atom. The Morgan fingerprint density at radius 1 is 1.15 bits per heavy atom. The highest BCUT2D eigenvalue weighted by Gasteiger charge is 2.31. The number of phenols is 1. The van der Waals surface area contributed by atoms with Crippen molar-refractivity contribution in [1.29, 1.82) is 0 Å². The van der Waals surface area contributed by atoms with Crippen LogP contribution in [0.1, 0.15) is 37.0 Å². The fraction of sp³-hybridized carbons (Fsp3) is 0.429. The molecule has 4 nitrogen and oxygen atoms in total. The zero-order valence-electron chi connectivity index (χ0n) is 15.9. The van der Waals surface area contributed by atoms with Crippen molar-refractivity contribution in [3.05, 3.63) is 53.1 Å². The van der Waals surface area contributed by atoms with Gasteiger partial charge in [0.05, 0.1) is 7.11 Å². The highest BCUT2D eigenvalue weighted by Crippen LogP contribution is 2.34. The zero-order valence-corrected chi connectivity index (χ0v) is 16.7. The first kappa shape index (κ1) is 18.9. The van der Waals surface area contributed by atoms with Gasteiger partial charge in [-0.1, -0.05) is 12.1 Å². The Balaban J connectivity index is 1.68. The van der Waals surface area contributed by atoms with E-state index in [0.29, 0.717) is 5.75 Å². The average molecular weight is 374 g/mol. The topological polar surface area (TPSA) is 49.8 Å². The third-order valence-electron chi connectivity index (χ3n) is 5.36. The van der Waals surface area contributed by atoms with Gasteiger partial charge in [-0.15, -0.1) is 0 Å². The van der Waals surface area contributed by atoms with Crippen LogP contribution in [0.5, 0.6) is 11.5 Å². The molecule has 1 aliphatic rings. The minimum absolute atomic E-state index is 0.0374. The van der Waals surface area contributed by atoms with Gasteiger partial charge in [0, 0.05) is 40.6 Å². The Hall–Kier alpha value is -1.85. The van der Waals surface area contributed by atoms with E-state index in [9.17, 15) is 9.32 Å². The lowest BCUT2D eigenvalue weighted by atomic mass is 9.93. The molecule has 0 amide bonds. The summed E-state index contributed by atoms with van der Waals surface area (Å²) >= 11 is 0. The predicted octanol–water partition coefficient (Wildman–Crippen LogP) is 3.87. The zero-order chi connectivity index (χ0) is 18.9. The molecule has 0 saturated heterocycles. The molecule has 0 spiro atoms. The van der Waals surface area contributed by atoms with E-state index in [0.717, 1.165) is 36.4 Å². The van der Waals surface area contributed by atoms with E-state index in [1.807, 2.05) is 18.2 Å². The van der Waals surface area contributed by atoms with Crippen LogP contribution in [0.25, 0.3) is 0 Å². The van der Waals surface area contributed by atoms with Crippen LogP contribution >= 0.6 is 0 Å². The van der Waals surface area contributed by atoms with Crippen LogP contribution < -0.4 is 4.74 Å². The lowest BCUT2D eigenvalue weighted by molar-refractivity contribution is 0.109. The number of hydrogen-bond donors (Lipinski definition) is 1. The monoisotopic (exact) mass is 373 g/mol. The lowest BCUT2D eigenvalue weighted by Crippen LogP contribution is -2.40. The first-order valence-corrected chi connectivity index (χ1v) is 10.4. The second-order valence-electron chi connectivity index (χ2n) is 7.56. The second-order valence-corrected chi connectivity index (χ2v) is 8.94. The minimum atomic E-state index is -0.938. The Labute approximate surface area is 158 Å². The van der Waals surface area contributed by atoms with E-state index >= 15 is 0 Å². The molecule has 26 heavy (non-hydrogen) atoms. The highest BCUT2D eigenvalue weighted by molar-refractivity contribution is 7.84. The molecule has 140 valence electrons. The largest absolute Gasteiger partial charge is 0.504 e. The van der Waals surface area contributed by atoms with E-state index in [1.165, 1.54) is 11.1 Å². The molecule has 0 saturated carbocycles. The maximum atomic E-state index is 11.7. The van der Waals surface area contributed by atoms with Gasteiger partial charge >= 0.3 is 0 Å². The first-order chi connectivity index (χ1) is 12.3. The van der Waals surface area contributed by atoms with Crippen LogP contribution in [0.4, 0.5) is 0 Å². The molecular formula is C21H27NO3S. The summed E-state index contributed by atoms with van der Waals surface area (Å²) in [5.41, 5.74) is 3.82. The number of phenolic OH excluding ortho intramolecular Hbond substituents is 1. The molecule has 2 aromatic rings. The Kier molecular flexibility index (Phi) is 5.39. The number of benzene rings is 2. The van der Waals surface area contributed by atoms with Crippen molar-refractivity contribution in [2.75, 3.05) is 13.4 Å². The predicted molar refractivity (Wildman–Crippen MR) is 105 cm³/mol. The number of fused-ring (bicyclic) bond motifs is 1. The lowest BCUT2D eigenvalue weighted by Gasteiger charge is -2.35. The molecule has 2 aromatic carbocycles. The first-order valence-electron chi connectivity index (χ1n) is 8.86. The molecule has 0 aromatic heterocycles. The Morgan fingerprint density at radius 2 is 1.88 bits per heavy atom. The molecule has 1 N–H and O–H groups in total. The summed E-state index contributed by atoms with van der Waals surface area (Å²) in [6, 6.07) is 11.7. The van der Waals surface area contributed by atoms with Crippen molar-refractivity contribution in [2.45, 2.75) is 50.2 Å². The van der Waals surface area contributed by atoms with Gasteiger partial charge in [0.15, 0.2) is 11.5 Å². The van der Waals surface area contributed by atoms with Crippen LogP contribution in [0.15, 0.2) is 41.3 Å². The van der Waals surface area contributed by atoms with Gasteiger partial charge in [0.25, 0.3) is 0 Å². The van der Waals surface area contributed by atoms with Crippen molar-refractivity contribution in [3.63, 3.8) is 0 Å². The third kappa shape index (κ3) is 3.94. The summed E-state index contributed by atoms with van der Waals surface area (Å²) in [5.74, 6) is 0.698.